The molecule has 0 aromatic rings. The highest BCUT2D eigenvalue weighted by Gasteiger charge is 2.39. The summed E-state index contributed by atoms with van der Waals surface area (Å²) >= 11 is 3.26. The first-order valence-electron chi connectivity index (χ1n) is 5.07. The van der Waals surface area contributed by atoms with Crippen LogP contribution in [0.15, 0.2) is 0 Å². The van der Waals surface area contributed by atoms with Crippen molar-refractivity contribution in [1.82, 2.24) is 10.2 Å². The molecule has 0 heterocycles. The Kier molecular flexibility index (Phi) is 3.95. The van der Waals surface area contributed by atoms with E-state index in [9.17, 15) is 4.79 Å². The van der Waals surface area contributed by atoms with Crippen LogP contribution in [-0.4, -0.2) is 41.8 Å². The van der Waals surface area contributed by atoms with Gasteiger partial charge in [0.2, 0.25) is 5.91 Å². The van der Waals surface area contributed by atoms with Crippen LogP contribution < -0.4 is 5.32 Å². The second-order valence-corrected chi connectivity index (χ2v) is 5.68. The Hall–Kier alpha value is -0.0900. The molecule has 1 N–H and O–H groups in total. The van der Waals surface area contributed by atoms with Crippen molar-refractivity contribution in [2.24, 2.45) is 0 Å². The molecule has 3 nitrogen and oxygen atoms in total. The van der Waals surface area contributed by atoms with Gasteiger partial charge in [-0.25, -0.2) is 0 Å². The molecule has 1 rings (SSSR count). The highest BCUT2D eigenvalue weighted by Crippen LogP contribution is 2.35. The van der Waals surface area contributed by atoms with Crippen LogP contribution in [0.1, 0.15) is 26.2 Å². The van der Waals surface area contributed by atoms with E-state index >= 15 is 0 Å². The van der Waals surface area contributed by atoms with Crippen molar-refractivity contribution >= 4 is 21.8 Å². The Morgan fingerprint density at radius 3 is 2.43 bits per heavy atom. The summed E-state index contributed by atoms with van der Waals surface area (Å²) in [7, 11) is 4.17. The largest absolute Gasteiger partial charge is 0.353 e. The van der Waals surface area contributed by atoms with Crippen LogP contribution in [0, 0.1) is 0 Å². The highest BCUT2D eigenvalue weighted by atomic mass is 79.9. The maximum absolute atomic E-state index is 11.4. The highest BCUT2D eigenvalue weighted by molar-refractivity contribution is 9.10. The average molecular weight is 263 g/mol. The van der Waals surface area contributed by atoms with Crippen LogP contribution in [-0.2, 0) is 4.79 Å². The molecule has 0 aromatic heterocycles. The number of hydrogen-bond donors (Lipinski definition) is 1. The smallest absolute Gasteiger partial charge is 0.233 e. The molecule has 1 atom stereocenters. The third-order valence-corrected chi connectivity index (χ3v) is 3.60. The number of likely N-dealkylation sites (N-methyl/N-ethyl adjacent to an activating group) is 1. The summed E-state index contributed by atoms with van der Waals surface area (Å²) in [6.07, 6.45) is 3.66. The van der Waals surface area contributed by atoms with E-state index in [1.54, 1.807) is 0 Å². The lowest BCUT2D eigenvalue weighted by Crippen LogP contribution is -2.57. The molecule has 0 bridgehead atoms. The standard InChI is InChI=1S/C10H19BrN2O/c1-8(11)9(14)12-7-10(13(2)3)5-4-6-10/h8H,4-7H2,1-3H3,(H,12,14). The molecule has 0 aliphatic heterocycles. The Morgan fingerprint density at radius 1 is 1.57 bits per heavy atom. The number of nitrogens with one attached hydrogen (secondary N) is 1. The lowest BCUT2D eigenvalue weighted by molar-refractivity contribution is -0.121. The predicted octanol–water partition coefficient (Wildman–Crippen LogP) is 1.37. The van der Waals surface area contributed by atoms with Gasteiger partial charge in [-0.1, -0.05) is 15.9 Å². The van der Waals surface area contributed by atoms with E-state index in [2.05, 4.69) is 40.2 Å². The number of alkyl halides is 1. The zero-order valence-corrected chi connectivity index (χ0v) is 10.7. The van der Waals surface area contributed by atoms with Gasteiger partial charge >= 0.3 is 0 Å². The van der Waals surface area contributed by atoms with Crippen LogP contribution in [0.4, 0.5) is 0 Å². The molecular weight excluding hydrogens is 244 g/mol. The van der Waals surface area contributed by atoms with Crippen molar-refractivity contribution in [3.05, 3.63) is 0 Å². The Balaban J connectivity index is 2.39. The SMILES string of the molecule is CC(Br)C(=O)NCC1(N(C)C)CCC1. The predicted molar refractivity (Wildman–Crippen MR) is 61.7 cm³/mol. The van der Waals surface area contributed by atoms with Crippen molar-refractivity contribution in [3.63, 3.8) is 0 Å². The van der Waals surface area contributed by atoms with Gasteiger partial charge in [-0.15, -0.1) is 0 Å². The van der Waals surface area contributed by atoms with Gasteiger partial charge in [-0.3, -0.25) is 4.79 Å². The summed E-state index contributed by atoms with van der Waals surface area (Å²) < 4.78 is 0. The fraction of sp³-hybridized carbons (Fsp3) is 0.900. The van der Waals surface area contributed by atoms with Crippen LogP contribution in [0.5, 0.6) is 0 Å². The summed E-state index contributed by atoms with van der Waals surface area (Å²) in [4.78, 5) is 13.5. The molecule has 1 aliphatic rings. The van der Waals surface area contributed by atoms with E-state index in [0.29, 0.717) is 0 Å². The van der Waals surface area contributed by atoms with Gasteiger partial charge in [-0.2, -0.15) is 0 Å². The molecule has 0 radical (unpaired) electrons. The minimum Gasteiger partial charge on any atom is -0.353 e. The van der Waals surface area contributed by atoms with Crippen molar-refractivity contribution < 1.29 is 4.79 Å². The Morgan fingerprint density at radius 2 is 2.14 bits per heavy atom. The normalized spacial score (nSPS) is 21.5. The number of carbonyl (C=O) groups is 1. The van der Waals surface area contributed by atoms with E-state index in [4.69, 9.17) is 0 Å². The minimum absolute atomic E-state index is 0.0816. The van der Waals surface area contributed by atoms with Gasteiger partial charge in [0.15, 0.2) is 0 Å². The van der Waals surface area contributed by atoms with E-state index in [0.717, 1.165) is 6.54 Å². The summed E-state index contributed by atoms with van der Waals surface area (Å²) in [5.74, 6) is 0.0816. The van der Waals surface area contributed by atoms with E-state index < -0.39 is 0 Å². The molecule has 0 saturated heterocycles. The lowest BCUT2D eigenvalue weighted by Gasteiger charge is -2.47. The van der Waals surface area contributed by atoms with E-state index in [1.807, 2.05) is 6.92 Å². The molecule has 14 heavy (non-hydrogen) atoms. The van der Waals surface area contributed by atoms with Gasteiger partial charge < -0.3 is 10.2 Å². The van der Waals surface area contributed by atoms with Gasteiger partial charge in [0, 0.05) is 12.1 Å². The monoisotopic (exact) mass is 262 g/mol. The zero-order chi connectivity index (χ0) is 10.8. The average Bonchev–Trinajstić information content (AvgIpc) is 2.00. The summed E-state index contributed by atoms with van der Waals surface area (Å²) in [6, 6.07) is 0. The summed E-state index contributed by atoms with van der Waals surface area (Å²) in [5.41, 5.74) is 0.220. The first-order valence-corrected chi connectivity index (χ1v) is 5.99. The fourth-order valence-corrected chi connectivity index (χ4v) is 1.92. The molecule has 0 spiro atoms. The number of carbonyl (C=O) groups excluding carboxylic acids is 1. The molecule has 1 amide bonds. The maximum atomic E-state index is 11.4. The van der Waals surface area contributed by atoms with Crippen molar-refractivity contribution in [2.45, 2.75) is 36.6 Å². The first kappa shape index (κ1) is 12.0. The molecular formula is C10H19BrN2O. The topological polar surface area (TPSA) is 32.3 Å². The van der Waals surface area contributed by atoms with Crippen LogP contribution in [0.3, 0.4) is 0 Å². The second kappa shape index (κ2) is 4.62. The molecule has 4 heteroatoms. The van der Waals surface area contributed by atoms with Gasteiger partial charge in [-0.05, 0) is 40.3 Å². The lowest BCUT2D eigenvalue weighted by atomic mass is 9.75. The minimum atomic E-state index is -0.0956. The molecule has 1 saturated carbocycles. The molecule has 82 valence electrons. The number of hydrogen-bond acceptors (Lipinski definition) is 2. The van der Waals surface area contributed by atoms with Crippen molar-refractivity contribution in [2.75, 3.05) is 20.6 Å². The quantitative estimate of drug-likeness (QED) is 0.777. The number of halogens is 1. The first-order chi connectivity index (χ1) is 6.48. The van der Waals surface area contributed by atoms with Crippen molar-refractivity contribution in [1.29, 1.82) is 0 Å². The Labute approximate surface area is 94.4 Å². The van der Waals surface area contributed by atoms with E-state index in [1.165, 1.54) is 19.3 Å². The van der Waals surface area contributed by atoms with E-state index in [-0.39, 0.29) is 16.3 Å². The fourth-order valence-electron chi connectivity index (χ4n) is 1.76. The second-order valence-electron chi connectivity index (χ2n) is 4.31. The molecule has 1 unspecified atom stereocenters. The number of nitrogens with zero attached hydrogens (tertiary/aromatic N) is 1. The molecule has 1 aliphatic carbocycles. The van der Waals surface area contributed by atoms with Crippen LogP contribution in [0.25, 0.3) is 0 Å². The maximum Gasteiger partial charge on any atom is 0.233 e. The summed E-state index contributed by atoms with van der Waals surface area (Å²) in [6.45, 7) is 2.62. The zero-order valence-electron chi connectivity index (χ0n) is 9.14. The number of rotatable bonds is 4. The third-order valence-electron chi connectivity index (χ3n) is 3.19. The van der Waals surface area contributed by atoms with Gasteiger partial charge in [0.1, 0.15) is 0 Å². The van der Waals surface area contributed by atoms with Crippen LogP contribution >= 0.6 is 15.9 Å². The third kappa shape index (κ3) is 2.48. The van der Waals surface area contributed by atoms with Gasteiger partial charge in [0.05, 0.1) is 4.83 Å². The number of amides is 1. The summed E-state index contributed by atoms with van der Waals surface area (Å²) in [5, 5.41) is 2.98. The van der Waals surface area contributed by atoms with Crippen LogP contribution in [0.2, 0.25) is 0 Å². The molecule has 0 aromatic carbocycles. The molecule has 1 fully saturated rings. The van der Waals surface area contributed by atoms with Crippen molar-refractivity contribution in [3.8, 4) is 0 Å². The van der Waals surface area contributed by atoms with Gasteiger partial charge in [0.25, 0.3) is 0 Å². The Bertz CT molecular complexity index is 212.